The smallest absolute Gasteiger partial charge is 0.255 e. The van der Waals surface area contributed by atoms with E-state index in [1.807, 2.05) is 76.2 Å². The predicted octanol–water partition coefficient (Wildman–Crippen LogP) is 4.17. The zero-order chi connectivity index (χ0) is 21.0. The fourth-order valence-corrected chi connectivity index (χ4v) is 5.97. The summed E-state index contributed by atoms with van der Waals surface area (Å²) >= 11 is 5.31. The third-order valence-electron chi connectivity index (χ3n) is 5.73. The van der Waals surface area contributed by atoms with Gasteiger partial charge >= 0.3 is 0 Å². The van der Waals surface area contributed by atoms with Gasteiger partial charge in [0, 0.05) is 35.4 Å². The first-order valence-electron chi connectivity index (χ1n) is 10.2. The number of thioether (sulfide) groups is 1. The fraction of sp³-hybridized carbons (Fsp3) is 0.391. The van der Waals surface area contributed by atoms with Crippen LogP contribution in [0.2, 0.25) is 0 Å². The van der Waals surface area contributed by atoms with Crippen molar-refractivity contribution in [2.24, 2.45) is 0 Å². The number of carbonyl (C=O) groups excluding carboxylic acids is 2. The Morgan fingerprint density at radius 3 is 2.53 bits per heavy atom. The molecular formula is C23H25BrN2O3S. The average Bonchev–Trinajstić information content (AvgIpc) is 3.17. The molecule has 0 radical (unpaired) electrons. The number of halogens is 1. The van der Waals surface area contributed by atoms with Crippen molar-refractivity contribution in [2.75, 3.05) is 32.0 Å². The van der Waals surface area contributed by atoms with E-state index in [4.69, 9.17) is 4.74 Å². The van der Waals surface area contributed by atoms with E-state index in [9.17, 15) is 9.59 Å². The SMILES string of the molecule is O=C(COCc1ccccc1)N1CCC2(CC1)SCCN2C(=O)c1cccc(Br)c1. The van der Waals surface area contributed by atoms with Gasteiger partial charge in [0.25, 0.3) is 5.91 Å². The summed E-state index contributed by atoms with van der Waals surface area (Å²) in [6, 6.07) is 17.4. The van der Waals surface area contributed by atoms with Crippen LogP contribution in [0.25, 0.3) is 0 Å². The van der Waals surface area contributed by atoms with E-state index in [0.29, 0.717) is 25.3 Å². The molecule has 2 aliphatic heterocycles. The quantitative estimate of drug-likeness (QED) is 0.633. The van der Waals surface area contributed by atoms with Crippen molar-refractivity contribution in [2.45, 2.75) is 24.3 Å². The summed E-state index contributed by atoms with van der Waals surface area (Å²) in [6.45, 7) is 2.60. The van der Waals surface area contributed by atoms with E-state index >= 15 is 0 Å². The van der Waals surface area contributed by atoms with Crippen LogP contribution in [0.3, 0.4) is 0 Å². The molecule has 2 saturated heterocycles. The summed E-state index contributed by atoms with van der Waals surface area (Å²) in [5, 5.41) is 0. The number of nitrogens with zero attached hydrogens (tertiary/aromatic N) is 2. The van der Waals surface area contributed by atoms with Gasteiger partial charge in [0.2, 0.25) is 5.91 Å². The van der Waals surface area contributed by atoms with Crippen molar-refractivity contribution in [1.29, 1.82) is 0 Å². The topological polar surface area (TPSA) is 49.9 Å². The molecule has 0 saturated carbocycles. The first-order valence-corrected chi connectivity index (χ1v) is 12.0. The Hall–Kier alpha value is -1.83. The minimum Gasteiger partial charge on any atom is -0.367 e. The Balaban J connectivity index is 1.32. The third-order valence-corrected chi connectivity index (χ3v) is 7.77. The highest BCUT2D eigenvalue weighted by molar-refractivity contribution is 9.10. The summed E-state index contributed by atoms with van der Waals surface area (Å²) in [5.74, 6) is 1.04. The zero-order valence-electron chi connectivity index (χ0n) is 16.8. The summed E-state index contributed by atoms with van der Waals surface area (Å²) < 4.78 is 6.52. The number of hydrogen-bond acceptors (Lipinski definition) is 4. The van der Waals surface area contributed by atoms with Crippen molar-refractivity contribution in [3.63, 3.8) is 0 Å². The number of carbonyl (C=O) groups is 2. The summed E-state index contributed by atoms with van der Waals surface area (Å²) in [7, 11) is 0. The number of likely N-dealkylation sites (tertiary alicyclic amines) is 1. The summed E-state index contributed by atoms with van der Waals surface area (Å²) in [4.78, 5) is 29.4. The van der Waals surface area contributed by atoms with Crippen LogP contribution < -0.4 is 0 Å². The van der Waals surface area contributed by atoms with Gasteiger partial charge in [-0.1, -0.05) is 52.3 Å². The Bertz CT molecular complexity index is 900. The lowest BCUT2D eigenvalue weighted by molar-refractivity contribution is -0.138. The maximum absolute atomic E-state index is 13.2. The maximum Gasteiger partial charge on any atom is 0.255 e. The van der Waals surface area contributed by atoms with Gasteiger partial charge in [0.1, 0.15) is 6.61 Å². The number of rotatable bonds is 5. The van der Waals surface area contributed by atoms with Gasteiger partial charge in [-0.15, -0.1) is 11.8 Å². The highest BCUT2D eigenvalue weighted by Gasteiger charge is 2.47. The lowest BCUT2D eigenvalue weighted by Crippen LogP contribution is -2.54. The number of benzene rings is 2. The van der Waals surface area contributed by atoms with Crippen LogP contribution in [0.1, 0.15) is 28.8 Å². The normalized spacial score (nSPS) is 18.0. The molecule has 1 spiro atoms. The van der Waals surface area contributed by atoms with Gasteiger partial charge < -0.3 is 14.5 Å². The second-order valence-electron chi connectivity index (χ2n) is 7.62. The summed E-state index contributed by atoms with van der Waals surface area (Å²) in [5.41, 5.74) is 1.77. The maximum atomic E-state index is 13.2. The van der Waals surface area contributed by atoms with Crippen molar-refractivity contribution >= 4 is 39.5 Å². The number of piperidine rings is 1. The molecule has 158 valence electrons. The lowest BCUT2D eigenvalue weighted by atomic mass is 10.0. The number of hydrogen-bond donors (Lipinski definition) is 0. The molecule has 2 aromatic rings. The van der Waals surface area contributed by atoms with Crippen LogP contribution in [0.4, 0.5) is 0 Å². The Labute approximate surface area is 189 Å². The van der Waals surface area contributed by atoms with Crippen LogP contribution in [-0.4, -0.2) is 58.5 Å². The van der Waals surface area contributed by atoms with E-state index < -0.39 is 0 Å². The molecular weight excluding hydrogens is 464 g/mol. The second-order valence-corrected chi connectivity index (χ2v) is 9.99. The zero-order valence-corrected chi connectivity index (χ0v) is 19.2. The third kappa shape index (κ3) is 4.74. The molecule has 2 amide bonds. The van der Waals surface area contributed by atoms with Gasteiger partial charge in [0.05, 0.1) is 11.5 Å². The predicted molar refractivity (Wildman–Crippen MR) is 122 cm³/mol. The molecule has 0 bridgehead atoms. The summed E-state index contributed by atoms with van der Waals surface area (Å²) in [6.07, 6.45) is 1.59. The van der Waals surface area contributed by atoms with Crippen LogP contribution in [0.5, 0.6) is 0 Å². The molecule has 5 nitrogen and oxygen atoms in total. The molecule has 0 aliphatic carbocycles. The van der Waals surface area contributed by atoms with Gasteiger partial charge in [0.15, 0.2) is 0 Å². The standard InChI is InChI=1S/C23H25BrN2O3S/c24-20-8-4-7-19(15-20)22(28)26-13-14-30-23(26)9-11-25(12-10-23)21(27)17-29-16-18-5-2-1-3-6-18/h1-8,15H,9-14,16-17H2. The lowest BCUT2D eigenvalue weighted by Gasteiger charge is -2.44. The van der Waals surface area contributed by atoms with Crippen LogP contribution in [0.15, 0.2) is 59.1 Å². The molecule has 0 unspecified atom stereocenters. The van der Waals surface area contributed by atoms with E-state index in [0.717, 1.165) is 35.2 Å². The van der Waals surface area contributed by atoms with Crippen LogP contribution in [-0.2, 0) is 16.1 Å². The first kappa shape index (κ1) is 21.4. The van der Waals surface area contributed by atoms with Gasteiger partial charge in [-0.25, -0.2) is 0 Å². The van der Waals surface area contributed by atoms with E-state index in [1.54, 1.807) is 0 Å². The molecule has 0 atom stereocenters. The van der Waals surface area contributed by atoms with Crippen molar-refractivity contribution < 1.29 is 14.3 Å². The highest BCUT2D eigenvalue weighted by Crippen LogP contribution is 2.44. The highest BCUT2D eigenvalue weighted by atomic mass is 79.9. The molecule has 0 N–H and O–H groups in total. The number of ether oxygens (including phenoxy) is 1. The molecule has 7 heteroatoms. The van der Waals surface area contributed by atoms with Crippen LogP contribution >= 0.6 is 27.7 Å². The van der Waals surface area contributed by atoms with Crippen molar-refractivity contribution in [1.82, 2.24) is 9.80 Å². The van der Waals surface area contributed by atoms with Crippen molar-refractivity contribution in [3.8, 4) is 0 Å². The van der Waals surface area contributed by atoms with Gasteiger partial charge in [-0.2, -0.15) is 0 Å². The van der Waals surface area contributed by atoms with Crippen LogP contribution in [0, 0.1) is 0 Å². The molecule has 4 rings (SSSR count). The second kappa shape index (κ2) is 9.54. The molecule has 2 aliphatic rings. The van der Waals surface area contributed by atoms with E-state index in [2.05, 4.69) is 15.9 Å². The fourth-order valence-electron chi connectivity index (χ4n) is 4.11. The number of amides is 2. The Morgan fingerprint density at radius 1 is 1.03 bits per heavy atom. The molecule has 2 heterocycles. The molecule has 2 fully saturated rings. The monoisotopic (exact) mass is 488 g/mol. The van der Waals surface area contributed by atoms with E-state index in [1.165, 1.54) is 0 Å². The molecule has 2 aromatic carbocycles. The largest absolute Gasteiger partial charge is 0.367 e. The minimum absolute atomic E-state index is 0.0219. The Kier molecular flexibility index (Phi) is 6.80. The minimum atomic E-state index is -0.207. The van der Waals surface area contributed by atoms with Gasteiger partial charge in [-0.3, -0.25) is 9.59 Å². The first-order chi connectivity index (χ1) is 14.6. The molecule has 30 heavy (non-hydrogen) atoms. The van der Waals surface area contributed by atoms with E-state index in [-0.39, 0.29) is 23.3 Å². The molecule has 0 aromatic heterocycles. The average molecular weight is 489 g/mol. The Morgan fingerprint density at radius 2 is 1.80 bits per heavy atom. The van der Waals surface area contributed by atoms with Gasteiger partial charge in [-0.05, 0) is 36.6 Å². The van der Waals surface area contributed by atoms with Crippen molar-refractivity contribution in [3.05, 3.63) is 70.2 Å².